The van der Waals surface area contributed by atoms with Gasteiger partial charge in [-0.1, -0.05) is 6.07 Å². The minimum atomic E-state index is 0.0247. The summed E-state index contributed by atoms with van der Waals surface area (Å²) in [5, 5.41) is 20.2. The van der Waals surface area contributed by atoms with Gasteiger partial charge < -0.3 is 0 Å². The van der Waals surface area contributed by atoms with Crippen molar-refractivity contribution in [3.63, 3.8) is 0 Å². The van der Waals surface area contributed by atoms with Crippen molar-refractivity contribution < 1.29 is 0 Å². The maximum Gasteiger partial charge on any atom is 0.177 e. The van der Waals surface area contributed by atoms with Crippen molar-refractivity contribution in [3.05, 3.63) is 53.4 Å². The maximum atomic E-state index is 9.13. The molecule has 0 fully saturated rings. The first-order valence-corrected chi connectivity index (χ1v) is 6.88. The van der Waals surface area contributed by atoms with E-state index in [1.54, 1.807) is 18.5 Å². The molecule has 3 aromatic heterocycles. The summed E-state index contributed by atoms with van der Waals surface area (Å²) in [4.78, 5) is 13.6. The summed E-state index contributed by atoms with van der Waals surface area (Å²) in [6.07, 6.45) is 3.32. The Balaban J connectivity index is 2.32. The van der Waals surface area contributed by atoms with Crippen LogP contribution in [-0.2, 0) is 0 Å². The predicted octanol–water partition coefficient (Wildman–Crippen LogP) is 3.01. The van der Waals surface area contributed by atoms with Crippen molar-refractivity contribution in [1.82, 2.24) is 15.0 Å². The van der Waals surface area contributed by atoms with E-state index >= 15 is 0 Å². The number of rotatable bonds is 2. The van der Waals surface area contributed by atoms with E-state index in [0.29, 0.717) is 11.4 Å². The third-order valence-electron chi connectivity index (χ3n) is 2.80. The third kappa shape index (κ3) is 2.36. The highest BCUT2D eigenvalue weighted by atomic mass is 32.1. The Hall–Kier alpha value is -3.09. The van der Waals surface area contributed by atoms with Crippen molar-refractivity contribution in [1.29, 1.82) is 10.5 Å². The van der Waals surface area contributed by atoms with Crippen LogP contribution in [0.2, 0.25) is 0 Å². The standard InChI is InChI=1S/C15H7N5S/c16-7-11-12(8-17)20-15(13-4-2-6-21-13)14(19-11)10-3-1-5-18-9-10/h1-6,9H. The smallest absolute Gasteiger partial charge is 0.177 e. The normalized spacial score (nSPS) is 9.81. The molecule has 0 amide bonds. The lowest BCUT2D eigenvalue weighted by atomic mass is 10.1. The van der Waals surface area contributed by atoms with Crippen molar-refractivity contribution >= 4 is 11.3 Å². The zero-order valence-electron chi connectivity index (χ0n) is 10.7. The van der Waals surface area contributed by atoms with E-state index in [-0.39, 0.29) is 11.4 Å². The average Bonchev–Trinajstić information content (AvgIpc) is 3.08. The van der Waals surface area contributed by atoms with Crippen LogP contribution in [0.3, 0.4) is 0 Å². The van der Waals surface area contributed by atoms with E-state index in [2.05, 4.69) is 15.0 Å². The summed E-state index contributed by atoms with van der Waals surface area (Å²) >= 11 is 1.50. The van der Waals surface area contributed by atoms with E-state index in [1.165, 1.54) is 11.3 Å². The molecule has 0 saturated heterocycles. The second kappa shape index (κ2) is 5.49. The molecule has 0 bridgehead atoms. The molecule has 0 aromatic carbocycles. The Morgan fingerprint density at radius 1 is 0.952 bits per heavy atom. The second-order valence-corrected chi connectivity index (χ2v) is 5.01. The fourth-order valence-corrected chi connectivity index (χ4v) is 2.60. The summed E-state index contributed by atoms with van der Waals surface area (Å²) < 4.78 is 0. The SMILES string of the molecule is N#Cc1nc(-c2cccnc2)c(-c2cccs2)nc1C#N. The molecule has 3 aromatic rings. The highest BCUT2D eigenvalue weighted by Gasteiger charge is 2.17. The van der Waals surface area contributed by atoms with Crippen LogP contribution in [0.5, 0.6) is 0 Å². The molecule has 0 N–H and O–H groups in total. The van der Waals surface area contributed by atoms with Crippen molar-refractivity contribution in [2.75, 3.05) is 0 Å². The van der Waals surface area contributed by atoms with Gasteiger partial charge >= 0.3 is 0 Å². The second-order valence-electron chi connectivity index (χ2n) is 4.06. The summed E-state index contributed by atoms with van der Waals surface area (Å²) in [5.41, 5.74) is 1.97. The first-order valence-electron chi connectivity index (χ1n) is 6.00. The third-order valence-corrected chi connectivity index (χ3v) is 3.67. The number of aromatic nitrogens is 3. The summed E-state index contributed by atoms with van der Waals surface area (Å²) in [6, 6.07) is 11.3. The molecule has 0 spiro atoms. The van der Waals surface area contributed by atoms with Gasteiger partial charge in [-0.2, -0.15) is 10.5 Å². The van der Waals surface area contributed by atoms with E-state index in [0.717, 1.165) is 10.4 Å². The molecule has 5 nitrogen and oxygen atoms in total. The molecule has 6 heteroatoms. The van der Waals surface area contributed by atoms with Crippen molar-refractivity contribution in [3.8, 4) is 34.0 Å². The Kier molecular flexibility index (Phi) is 3.38. The quantitative estimate of drug-likeness (QED) is 0.723. The molecule has 21 heavy (non-hydrogen) atoms. The van der Waals surface area contributed by atoms with Crippen molar-refractivity contribution in [2.24, 2.45) is 0 Å². The van der Waals surface area contributed by atoms with Crippen LogP contribution >= 0.6 is 11.3 Å². The van der Waals surface area contributed by atoms with Crippen LogP contribution in [-0.4, -0.2) is 15.0 Å². The van der Waals surface area contributed by atoms with Gasteiger partial charge in [0, 0.05) is 18.0 Å². The topological polar surface area (TPSA) is 86.2 Å². The van der Waals surface area contributed by atoms with Gasteiger partial charge in [0.05, 0.1) is 4.88 Å². The number of nitrogens with zero attached hydrogens (tertiary/aromatic N) is 5. The van der Waals surface area contributed by atoms with Crippen LogP contribution in [0.1, 0.15) is 11.4 Å². The minimum absolute atomic E-state index is 0.0247. The summed E-state index contributed by atoms with van der Waals surface area (Å²) in [5.74, 6) is 0. The van der Waals surface area contributed by atoms with Gasteiger partial charge in [-0.15, -0.1) is 11.3 Å². The van der Waals surface area contributed by atoms with Gasteiger partial charge in [0.2, 0.25) is 0 Å². The molecule has 0 saturated carbocycles. The number of pyridine rings is 1. The van der Waals surface area contributed by atoms with Crippen LogP contribution in [0, 0.1) is 22.7 Å². The van der Waals surface area contributed by atoms with E-state index in [1.807, 2.05) is 35.7 Å². The van der Waals surface area contributed by atoms with E-state index in [9.17, 15) is 0 Å². The highest BCUT2D eigenvalue weighted by molar-refractivity contribution is 7.13. The van der Waals surface area contributed by atoms with Crippen molar-refractivity contribution in [2.45, 2.75) is 0 Å². The Bertz CT molecular complexity index is 858. The molecular weight excluding hydrogens is 282 g/mol. The number of hydrogen-bond acceptors (Lipinski definition) is 6. The number of nitriles is 2. The van der Waals surface area contributed by atoms with Gasteiger partial charge in [-0.05, 0) is 23.6 Å². The lowest BCUT2D eigenvalue weighted by Gasteiger charge is -2.07. The fourth-order valence-electron chi connectivity index (χ4n) is 1.88. The zero-order chi connectivity index (χ0) is 14.7. The number of hydrogen-bond donors (Lipinski definition) is 0. The van der Waals surface area contributed by atoms with Crippen LogP contribution in [0.15, 0.2) is 42.0 Å². The lowest BCUT2D eigenvalue weighted by Crippen LogP contribution is -2.00. The molecule has 0 aliphatic rings. The molecule has 0 unspecified atom stereocenters. The summed E-state index contributed by atoms with van der Waals surface area (Å²) in [6.45, 7) is 0. The maximum absolute atomic E-state index is 9.13. The molecule has 98 valence electrons. The fraction of sp³-hybridized carbons (Fsp3) is 0. The molecule has 0 atom stereocenters. The van der Waals surface area contributed by atoms with Gasteiger partial charge in [-0.25, -0.2) is 9.97 Å². The highest BCUT2D eigenvalue weighted by Crippen LogP contribution is 2.32. The van der Waals surface area contributed by atoms with Gasteiger partial charge in [-0.3, -0.25) is 4.98 Å². The van der Waals surface area contributed by atoms with E-state index < -0.39 is 0 Å². The Labute approximate surface area is 124 Å². The molecular formula is C15H7N5S. The Morgan fingerprint density at radius 3 is 2.29 bits per heavy atom. The minimum Gasteiger partial charge on any atom is -0.264 e. The molecule has 0 radical (unpaired) electrons. The van der Waals surface area contributed by atoms with E-state index in [4.69, 9.17) is 10.5 Å². The summed E-state index contributed by atoms with van der Waals surface area (Å²) in [7, 11) is 0. The zero-order valence-corrected chi connectivity index (χ0v) is 11.5. The van der Waals surface area contributed by atoms with Crippen LogP contribution < -0.4 is 0 Å². The molecule has 0 aliphatic heterocycles. The van der Waals surface area contributed by atoms with Crippen LogP contribution in [0.25, 0.3) is 21.8 Å². The lowest BCUT2D eigenvalue weighted by molar-refractivity contribution is 1.14. The monoisotopic (exact) mass is 289 g/mol. The van der Waals surface area contributed by atoms with Gasteiger partial charge in [0.1, 0.15) is 23.5 Å². The van der Waals surface area contributed by atoms with Gasteiger partial charge in [0.15, 0.2) is 11.4 Å². The average molecular weight is 289 g/mol. The largest absolute Gasteiger partial charge is 0.264 e. The molecule has 0 aliphatic carbocycles. The van der Waals surface area contributed by atoms with Crippen LogP contribution in [0.4, 0.5) is 0 Å². The first kappa shape index (κ1) is 12.9. The van der Waals surface area contributed by atoms with Gasteiger partial charge in [0.25, 0.3) is 0 Å². The predicted molar refractivity (Wildman–Crippen MR) is 78.0 cm³/mol. The first-order chi connectivity index (χ1) is 10.3. The molecule has 3 rings (SSSR count). The molecule has 3 heterocycles. The Morgan fingerprint density at radius 2 is 1.71 bits per heavy atom. The number of thiophene rings is 1.